The van der Waals surface area contributed by atoms with Crippen LogP contribution in [0.15, 0.2) is 12.4 Å². The van der Waals surface area contributed by atoms with Crippen molar-refractivity contribution >= 4 is 10.0 Å². The van der Waals surface area contributed by atoms with Crippen molar-refractivity contribution in [2.24, 2.45) is 5.14 Å². The SMILES string of the molecule is CCN1C=CN(C)C1.CS(N)(=O)=O. The summed E-state index contributed by atoms with van der Waals surface area (Å²) in [5.74, 6) is 0. The molecule has 0 unspecified atom stereocenters. The third-order valence-electron chi connectivity index (χ3n) is 1.34. The molecule has 6 heteroatoms. The Balaban J connectivity index is 0.000000252. The molecule has 0 aromatic rings. The zero-order chi connectivity index (χ0) is 10.5. The van der Waals surface area contributed by atoms with Gasteiger partial charge in [0.1, 0.15) is 0 Å². The van der Waals surface area contributed by atoms with E-state index in [1.54, 1.807) is 0 Å². The topological polar surface area (TPSA) is 66.6 Å². The molecule has 0 saturated carbocycles. The molecule has 13 heavy (non-hydrogen) atoms. The normalized spacial score (nSPS) is 15.7. The van der Waals surface area contributed by atoms with Crippen molar-refractivity contribution in [2.45, 2.75) is 6.92 Å². The molecule has 0 saturated heterocycles. The second-order valence-corrected chi connectivity index (χ2v) is 4.59. The summed E-state index contributed by atoms with van der Waals surface area (Å²) in [5.41, 5.74) is 0. The van der Waals surface area contributed by atoms with Gasteiger partial charge in [0.2, 0.25) is 10.0 Å². The molecular weight excluding hydrogens is 190 g/mol. The summed E-state index contributed by atoms with van der Waals surface area (Å²) < 4.78 is 18.8. The van der Waals surface area contributed by atoms with E-state index in [-0.39, 0.29) is 0 Å². The van der Waals surface area contributed by atoms with Crippen molar-refractivity contribution in [3.63, 3.8) is 0 Å². The van der Waals surface area contributed by atoms with Crippen molar-refractivity contribution in [2.75, 3.05) is 26.5 Å². The van der Waals surface area contributed by atoms with Gasteiger partial charge < -0.3 is 9.80 Å². The van der Waals surface area contributed by atoms with Crippen molar-refractivity contribution < 1.29 is 8.42 Å². The van der Waals surface area contributed by atoms with Crippen LogP contribution in [0.2, 0.25) is 0 Å². The van der Waals surface area contributed by atoms with E-state index >= 15 is 0 Å². The Morgan fingerprint density at radius 2 is 1.92 bits per heavy atom. The van der Waals surface area contributed by atoms with Crippen LogP contribution >= 0.6 is 0 Å². The van der Waals surface area contributed by atoms with Gasteiger partial charge in [0.25, 0.3) is 0 Å². The third-order valence-corrected chi connectivity index (χ3v) is 1.34. The fraction of sp³-hybridized carbons (Fsp3) is 0.714. The Morgan fingerprint density at radius 1 is 1.46 bits per heavy atom. The standard InChI is InChI=1S/C6H12N2.CH5NO2S/c1-3-8-5-4-7(2)6-8;1-5(2,3)4/h4-5H,3,6H2,1-2H3;1H3,(H2,2,3,4). The van der Waals surface area contributed by atoms with Crippen molar-refractivity contribution in [1.29, 1.82) is 0 Å². The highest BCUT2D eigenvalue weighted by Gasteiger charge is 2.03. The maximum absolute atomic E-state index is 9.41. The molecule has 1 rings (SSSR count). The van der Waals surface area contributed by atoms with Crippen LogP contribution in [-0.2, 0) is 10.0 Å². The minimum absolute atomic E-state index is 0.938. The molecule has 1 aliphatic rings. The lowest BCUT2D eigenvalue weighted by Gasteiger charge is -2.14. The summed E-state index contributed by atoms with van der Waals surface area (Å²) in [6.07, 6.45) is 5.14. The van der Waals surface area contributed by atoms with Crippen LogP contribution in [0.3, 0.4) is 0 Å². The molecule has 5 nitrogen and oxygen atoms in total. The van der Waals surface area contributed by atoms with Gasteiger partial charge in [0, 0.05) is 26.0 Å². The second-order valence-electron chi connectivity index (χ2n) is 2.93. The van der Waals surface area contributed by atoms with Crippen LogP contribution in [0, 0.1) is 0 Å². The van der Waals surface area contributed by atoms with E-state index in [1.807, 2.05) is 0 Å². The van der Waals surface area contributed by atoms with E-state index in [0.29, 0.717) is 0 Å². The van der Waals surface area contributed by atoms with Gasteiger partial charge in [0.15, 0.2) is 0 Å². The van der Waals surface area contributed by atoms with Crippen LogP contribution in [-0.4, -0.2) is 44.7 Å². The molecule has 2 N–H and O–H groups in total. The first-order valence-corrected chi connectivity index (χ1v) is 5.88. The van der Waals surface area contributed by atoms with E-state index in [0.717, 1.165) is 19.5 Å². The lowest BCUT2D eigenvalue weighted by Crippen LogP contribution is -2.21. The van der Waals surface area contributed by atoms with Crippen LogP contribution in [0.1, 0.15) is 6.92 Å². The highest BCUT2D eigenvalue weighted by atomic mass is 32.2. The Labute approximate surface area is 79.9 Å². The molecule has 0 aliphatic carbocycles. The first kappa shape index (κ1) is 12.2. The lowest BCUT2D eigenvalue weighted by atomic mass is 10.6. The van der Waals surface area contributed by atoms with Crippen LogP contribution in [0.25, 0.3) is 0 Å². The number of nitrogens with two attached hydrogens (primary N) is 1. The average molecular weight is 207 g/mol. The summed E-state index contributed by atoms with van der Waals surface area (Å²) in [6.45, 7) is 4.32. The van der Waals surface area contributed by atoms with E-state index < -0.39 is 10.0 Å². The smallest absolute Gasteiger partial charge is 0.206 e. The highest BCUT2D eigenvalue weighted by molar-refractivity contribution is 7.88. The Morgan fingerprint density at radius 3 is 2.08 bits per heavy atom. The molecule has 0 atom stereocenters. The molecule has 0 aromatic carbocycles. The minimum Gasteiger partial charge on any atom is -0.362 e. The Bertz CT molecular complexity index is 253. The molecule has 1 aliphatic heterocycles. The monoisotopic (exact) mass is 207 g/mol. The number of nitrogens with zero attached hydrogens (tertiary/aromatic N) is 2. The number of sulfonamides is 1. The fourth-order valence-electron chi connectivity index (χ4n) is 0.794. The van der Waals surface area contributed by atoms with Gasteiger partial charge >= 0.3 is 0 Å². The van der Waals surface area contributed by atoms with Crippen molar-refractivity contribution in [3.8, 4) is 0 Å². The summed E-state index contributed by atoms with van der Waals surface area (Å²) in [4.78, 5) is 4.41. The van der Waals surface area contributed by atoms with E-state index in [4.69, 9.17) is 0 Å². The average Bonchev–Trinajstić information content (AvgIpc) is 2.31. The zero-order valence-electron chi connectivity index (χ0n) is 8.27. The molecule has 1 heterocycles. The molecule has 0 amide bonds. The van der Waals surface area contributed by atoms with Gasteiger partial charge in [0.05, 0.1) is 12.9 Å². The van der Waals surface area contributed by atoms with Gasteiger partial charge in [-0.3, -0.25) is 0 Å². The first-order valence-electron chi connectivity index (χ1n) is 3.93. The van der Waals surface area contributed by atoms with Gasteiger partial charge in [-0.25, -0.2) is 13.6 Å². The molecule has 0 aromatic heterocycles. The van der Waals surface area contributed by atoms with Crippen molar-refractivity contribution in [3.05, 3.63) is 12.4 Å². The molecule has 0 radical (unpaired) electrons. The molecule has 0 spiro atoms. The number of hydrogen-bond donors (Lipinski definition) is 1. The zero-order valence-corrected chi connectivity index (χ0v) is 9.08. The third kappa shape index (κ3) is 9.16. The lowest BCUT2D eigenvalue weighted by molar-refractivity contribution is 0.308. The first-order chi connectivity index (χ1) is 5.83. The number of primary sulfonamides is 1. The molecule has 0 fully saturated rings. The predicted molar refractivity (Wildman–Crippen MR) is 53.2 cm³/mol. The van der Waals surface area contributed by atoms with Gasteiger partial charge in [-0.15, -0.1) is 0 Å². The van der Waals surface area contributed by atoms with Crippen LogP contribution in [0.4, 0.5) is 0 Å². The molecule has 78 valence electrons. The van der Waals surface area contributed by atoms with Crippen molar-refractivity contribution in [1.82, 2.24) is 9.80 Å². The minimum atomic E-state index is -3.17. The van der Waals surface area contributed by atoms with Gasteiger partial charge in [-0.2, -0.15) is 0 Å². The maximum Gasteiger partial charge on any atom is 0.206 e. The molecule has 0 bridgehead atoms. The largest absolute Gasteiger partial charge is 0.362 e. The van der Waals surface area contributed by atoms with Gasteiger partial charge in [-0.05, 0) is 6.92 Å². The predicted octanol–water partition coefficient (Wildman–Crippen LogP) is -0.413. The van der Waals surface area contributed by atoms with E-state index in [9.17, 15) is 8.42 Å². The Hall–Kier alpha value is -0.750. The van der Waals surface area contributed by atoms with E-state index in [1.165, 1.54) is 0 Å². The van der Waals surface area contributed by atoms with Gasteiger partial charge in [-0.1, -0.05) is 0 Å². The highest BCUT2D eigenvalue weighted by Crippen LogP contribution is 2.00. The fourth-order valence-corrected chi connectivity index (χ4v) is 0.794. The summed E-state index contributed by atoms with van der Waals surface area (Å²) >= 11 is 0. The molecular formula is C7H17N3O2S. The van der Waals surface area contributed by atoms with E-state index in [2.05, 4.69) is 41.3 Å². The van der Waals surface area contributed by atoms with Crippen LogP contribution < -0.4 is 5.14 Å². The number of hydrogen-bond acceptors (Lipinski definition) is 4. The summed E-state index contributed by atoms with van der Waals surface area (Å²) in [7, 11) is -1.09. The maximum atomic E-state index is 9.41. The van der Waals surface area contributed by atoms with Crippen LogP contribution in [0.5, 0.6) is 0 Å². The Kier molecular flexibility index (Phi) is 4.79. The summed E-state index contributed by atoms with van der Waals surface area (Å²) in [6, 6.07) is 0. The quantitative estimate of drug-likeness (QED) is 0.634. The second kappa shape index (κ2) is 5.08. The number of rotatable bonds is 1. The summed E-state index contributed by atoms with van der Waals surface area (Å²) in [5, 5.41) is 4.33.